The second kappa shape index (κ2) is 11.1. The van der Waals surface area contributed by atoms with Crippen molar-refractivity contribution in [3.63, 3.8) is 0 Å². The van der Waals surface area contributed by atoms with E-state index in [1.807, 2.05) is 0 Å². The Morgan fingerprint density at radius 3 is 2.49 bits per heavy atom. The number of methoxy groups -OCH3 is 2. The standard InChI is InChI=1S/C24H36N2O8S/c1-24(2)26(23(28)29)18(12-16-8-6-5-7-9-16)22(34-24)19(27)15-35(30,31)25-14-17-10-11-20(32-3)21(13-17)33-4/h10-11,13-14,16,18-19,22,27H,5-9,12,15H2,1-4H3,(H,28,29)/t18-,19?,22+/m0/s1. The van der Waals surface area contributed by atoms with E-state index in [1.54, 1.807) is 32.0 Å². The first-order chi connectivity index (χ1) is 16.5. The van der Waals surface area contributed by atoms with Gasteiger partial charge in [0, 0.05) is 6.21 Å². The maximum Gasteiger partial charge on any atom is 0.409 e. The Labute approximate surface area is 206 Å². The van der Waals surface area contributed by atoms with Gasteiger partial charge in [-0.3, -0.25) is 4.90 Å². The molecule has 10 nitrogen and oxygen atoms in total. The van der Waals surface area contributed by atoms with Gasteiger partial charge in [-0.25, -0.2) is 13.2 Å². The van der Waals surface area contributed by atoms with Gasteiger partial charge in [0.05, 0.1) is 32.1 Å². The zero-order chi connectivity index (χ0) is 25.8. The van der Waals surface area contributed by atoms with Gasteiger partial charge in [-0.05, 0) is 49.9 Å². The highest BCUT2D eigenvalue weighted by Crippen LogP contribution is 2.39. The summed E-state index contributed by atoms with van der Waals surface area (Å²) < 4.78 is 45.5. The van der Waals surface area contributed by atoms with E-state index in [2.05, 4.69) is 4.40 Å². The van der Waals surface area contributed by atoms with Crippen LogP contribution >= 0.6 is 0 Å². The Hall–Kier alpha value is -2.37. The lowest BCUT2D eigenvalue weighted by Crippen LogP contribution is -2.49. The molecule has 196 valence electrons. The fourth-order valence-electron chi connectivity index (χ4n) is 5.15. The van der Waals surface area contributed by atoms with Crippen LogP contribution in [0.15, 0.2) is 22.6 Å². The summed E-state index contributed by atoms with van der Waals surface area (Å²) in [5.41, 5.74) is -0.713. The summed E-state index contributed by atoms with van der Waals surface area (Å²) in [6.07, 6.45) is 3.42. The number of hydrogen-bond acceptors (Lipinski definition) is 7. The van der Waals surface area contributed by atoms with Gasteiger partial charge in [0.1, 0.15) is 11.8 Å². The molecule has 0 spiro atoms. The SMILES string of the molecule is COc1ccc(C=NS(=O)(=O)CC(O)[C@@H]2OC(C)(C)N(C(=O)O)[C@H]2CC2CCCCC2)cc1OC. The maximum absolute atomic E-state index is 12.7. The van der Waals surface area contributed by atoms with Gasteiger partial charge in [-0.1, -0.05) is 32.1 Å². The molecular formula is C24H36N2O8S. The number of ether oxygens (including phenoxy) is 3. The molecule has 35 heavy (non-hydrogen) atoms. The minimum atomic E-state index is -4.08. The van der Waals surface area contributed by atoms with E-state index in [4.69, 9.17) is 14.2 Å². The Bertz CT molecular complexity index is 1020. The number of carbonyl (C=O) groups is 1. The van der Waals surface area contributed by atoms with Gasteiger partial charge in [0.15, 0.2) is 11.5 Å². The van der Waals surface area contributed by atoms with Crippen molar-refractivity contribution in [2.75, 3.05) is 20.0 Å². The van der Waals surface area contributed by atoms with Crippen molar-refractivity contribution in [3.8, 4) is 11.5 Å². The van der Waals surface area contributed by atoms with Crippen LogP contribution < -0.4 is 9.47 Å². The third-order valence-corrected chi connectivity index (χ3v) is 7.94. The summed E-state index contributed by atoms with van der Waals surface area (Å²) in [5.74, 6) is 0.541. The monoisotopic (exact) mass is 512 g/mol. The highest BCUT2D eigenvalue weighted by atomic mass is 32.2. The van der Waals surface area contributed by atoms with E-state index >= 15 is 0 Å². The number of aliphatic hydroxyl groups is 1. The molecule has 1 aliphatic carbocycles. The number of carboxylic acid groups (broad SMARTS) is 1. The molecule has 0 radical (unpaired) electrons. The molecule has 11 heteroatoms. The number of hydrogen-bond donors (Lipinski definition) is 2. The quantitative estimate of drug-likeness (QED) is 0.482. The lowest BCUT2D eigenvalue weighted by molar-refractivity contribution is -0.0932. The molecule has 3 atom stereocenters. The van der Waals surface area contributed by atoms with Crippen LogP contribution in [0.2, 0.25) is 0 Å². The van der Waals surface area contributed by atoms with Crippen molar-refractivity contribution >= 4 is 22.3 Å². The first kappa shape index (κ1) is 27.2. The lowest BCUT2D eigenvalue weighted by Gasteiger charge is -2.34. The Morgan fingerprint density at radius 2 is 1.89 bits per heavy atom. The molecule has 1 aromatic rings. The zero-order valence-electron chi connectivity index (χ0n) is 20.7. The van der Waals surface area contributed by atoms with Crippen molar-refractivity contribution in [3.05, 3.63) is 23.8 Å². The molecular weight excluding hydrogens is 476 g/mol. The van der Waals surface area contributed by atoms with Gasteiger partial charge in [0.25, 0.3) is 10.0 Å². The van der Waals surface area contributed by atoms with Gasteiger partial charge in [0.2, 0.25) is 0 Å². The molecule has 1 heterocycles. The van der Waals surface area contributed by atoms with Crippen LogP contribution in [0.5, 0.6) is 11.5 Å². The summed E-state index contributed by atoms with van der Waals surface area (Å²) in [6.45, 7) is 3.23. The van der Waals surface area contributed by atoms with E-state index in [0.29, 0.717) is 29.4 Å². The van der Waals surface area contributed by atoms with Crippen LogP contribution in [0, 0.1) is 5.92 Å². The van der Waals surface area contributed by atoms with Crippen LogP contribution in [-0.4, -0.2) is 79.8 Å². The molecule has 2 N–H and O–H groups in total. The van der Waals surface area contributed by atoms with Crippen molar-refractivity contribution in [2.45, 2.75) is 76.3 Å². The van der Waals surface area contributed by atoms with Crippen molar-refractivity contribution in [2.24, 2.45) is 10.3 Å². The topological polar surface area (TPSA) is 135 Å². The van der Waals surface area contributed by atoms with E-state index < -0.39 is 45.8 Å². The largest absolute Gasteiger partial charge is 0.493 e. The van der Waals surface area contributed by atoms with E-state index in [-0.39, 0.29) is 0 Å². The fraction of sp³-hybridized carbons (Fsp3) is 0.667. The Kier molecular flexibility index (Phi) is 8.66. The molecule has 1 unspecified atom stereocenters. The van der Waals surface area contributed by atoms with Crippen LogP contribution in [0.3, 0.4) is 0 Å². The van der Waals surface area contributed by atoms with E-state index in [1.165, 1.54) is 25.3 Å². The second-order valence-electron chi connectivity index (χ2n) is 9.65. The number of aliphatic hydroxyl groups excluding tert-OH is 1. The summed E-state index contributed by atoms with van der Waals surface area (Å²) >= 11 is 0. The molecule has 1 aromatic carbocycles. The molecule has 1 saturated heterocycles. The van der Waals surface area contributed by atoms with Crippen LogP contribution in [0.1, 0.15) is 57.9 Å². The number of benzene rings is 1. The van der Waals surface area contributed by atoms with Gasteiger partial charge < -0.3 is 24.4 Å². The predicted octanol–water partition coefficient (Wildman–Crippen LogP) is 3.27. The normalized spacial score (nSPS) is 24.0. The summed E-state index contributed by atoms with van der Waals surface area (Å²) in [6, 6.07) is 4.20. The first-order valence-electron chi connectivity index (χ1n) is 11.9. The van der Waals surface area contributed by atoms with Crippen LogP contribution in [0.25, 0.3) is 0 Å². The zero-order valence-corrected chi connectivity index (χ0v) is 21.5. The lowest BCUT2D eigenvalue weighted by atomic mass is 9.83. The summed E-state index contributed by atoms with van der Waals surface area (Å²) in [4.78, 5) is 13.3. The van der Waals surface area contributed by atoms with E-state index in [9.17, 15) is 23.4 Å². The molecule has 0 bridgehead atoms. The number of sulfonamides is 1. The maximum atomic E-state index is 12.7. The Balaban J connectivity index is 1.77. The van der Waals surface area contributed by atoms with Crippen molar-refractivity contribution in [1.82, 2.24) is 4.90 Å². The molecule has 1 aliphatic heterocycles. The summed E-state index contributed by atoms with van der Waals surface area (Å²) in [5, 5.41) is 20.8. The highest BCUT2D eigenvalue weighted by molar-refractivity contribution is 7.90. The Morgan fingerprint density at radius 1 is 1.23 bits per heavy atom. The third-order valence-electron chi connectivity index (χ3n) is 6.75. The van der Waals surface area contributed by atoms with E-state index in [0.717, 1.165) is 32.1 Å². The minimum absolute atomic E-state index is 0.308. The van der Waals surface area contributed by atoms with Gasteiger partial charge in [-0.15, -0.1) is 0 Å². The molecule has 0 aromatic heterocycles. The second-order valence-corrected chi connectivity index (χ2v) is 11.4. The molecule has 3 rings (SSSR count). The average molecular weight is 513 g/mol. The first-order valence-corrected chi connectivity index (χ1v) is 13.5. The summed E-state index contributed by atoms with van der Waals surface area (Å²) in [7, 11) is -1.11. The third kappa shape index (κ3) is 6.65. The number of amides is 1. The molecule has 2 aliphatic rings. The fourth-order valence-corrected chi connectivity index (χ4v) is 6.14. The van der Waals surface area contributed by atoms with Crippen molar-refractivity contribution < 1.29 is 37.6 Å². The highest BCUT2D eigenvalue weighted by Gasteiger charge is 2.53. The smallest absolute Gasteiger partial charge is 0.409 e. The molecule has 2 fully saturated rings. The average Bonchev–Trinajstić information content (AvgIpc) is 3.08. The van der Waals surface area contributed by atoms with Crippen LogP contribution in [-0.2, 0) is 14.8 Å². The van der Waals surface area contributed by atoms with Crippen molar-refractivity contribution in [1.29, 1.82) is 0 Å². The number of rotatable bonds is 9. The minimum Gasteiger partial charge on any atom is -0.493 e. The molecule has 1 saturated carbocycles. The predicted molar refractivity (Wildman–Crippen MR) is 131 cm³/mol. The van der Waals surface area contributed by atoms with Gasteiger partial charge in [-0.2, -0.15) is 4.40 Å². The van der Waals surface area contributed by atoms with Gasteiger partial charge >= 0.3 is 6.09 Å². The van der Waals surface area contributed by atoms with Crippen LogP contribution in [0.4, 0.5) is 4.79 Å². The number of nitrogens with zero attached hydrogens (tertiary/aromatic N) is 2. The molecule has 1 amide bonds.